The molecular formula is C11H9F4N3. The lowest BCUT2D eigenvalue weighted by atomic mass is 10.2. The Bertz CT molecular complexity index is 560. The number of imidazole rings is 1. The zero-order valence-corrected chi connectivity index (χ0v) is 9.29. The third kappa shape index (κ3) is 2.15. The maximum atomic E-state index is 13.6. The molecule has 0 bridgehead atoms. The molecule has 2 rings (SSSR count). The van der Waals surface area contributed by atoms with E-state index in [2.05, 4.69) is 10.3 Å². The summed E-state index contributed by atoms with van der Waals surface area (Å²) in [6, 6.07) is 2.24. The monoisotopic (exact) mass is 259 g/mol. The average molecular weight is 259 g/mol. The summed E-state index contributed by atoms with van der Waals surface area (Å²) >= 11 is 0. The highest BCUT2D eigenvalue weighted by Crippen LogP contribution is 2.31. The van der Waals surface area contributed by atoms with Gasteiger partial charge in [0.15, 0.2) is 0 Å². The van der Waals surface area contributed by atoms with Gasteiger partial charge >= 0.3 is 6.18 Å². The summed E-state index contributed by atoms with van der Waals surface area (Å²) < 4.78 is 52.5. The number of alkyl halides is 3. The SMILES string of the molecule is CNc1nccn1-c1cc(C(F)(F)F)ccc1F. The van der Waals surface area contributed by atoms with Crippen molar-refractivity contribution in [3.05, 3.63) is 42.0 Å². The molecule has 0 aliphatic heterocycles. The zero-order chi connectivity index (χ0) is 13.3. The van der Waals surface area contributed by atoms with E-state index in [0.717, 1.165) is 12.1 Å². The summed E-state index contributed by atoms with van der Waals surface area (Å²) in [7, 11) is 1.55. The van der Waals surface area contributed by atoms with Crippen LogP contribution in [0.4, 0.5) is 23.5 Å². The molecule has 0 fully saturated rings. The van der Waals surface area contributed by atoms with Crippen molar-refractivity contribution >= 4 is 5.95 Å². The minimum Gasteiger partial charge on any atom is -0.358 e. The Kier molecular flexibility index (Phi) is 2.98. The number of nitrogens with one attached hydrogen (secondary N) is 1. The van der Waals surface area contributed by atoms with Crippen molar-refractivity contribution in [2.45, 2.75) is 6.18 Å². The van der Waals surface area contributed by atoms with Crippen molar-refractivity contribution in [3.63, 3.8) is 0 Å². The number of hydrogen-bond acceptors (Lipinski definition) is 2. The smallest absolute Gasteiger partial charge is 0.358 e. The Balaban J connectivity index is 2.57. The number of halogens is 4. The third-order valence-electron chi connectivity index (χ3n) is 2.40. The molecule has 0 unspecified atom stereocenters. The molecule has 0 amide bonds. The van der Waals surface area contributed by atoms with Crippen LogP contribution in [0.25, 0.3) is 5.69 Å². The Morgan fingerprint density at radius 2 is 2.00 bits per heavy atom. The van der Waals surface area contributed by atoms with E-state index in [1.165, 1.54) is 17.0 Å². The van der Waals surface area contributed by atoms with E-state index in [4.69, 9.17) is 0 Å². The van der Waals surface area contributed by atoms with E-state index >= 15 is 0 Å². The highest BCUT2D eigenvalue weighted by atomic mass is 19.4. The average Bonchev–Trinajstić information content (AvgIpc) is 2.76. The molecule has 0 saturated heterocycles. The number of anilines is 1. The van der Waals surface area contributed by atoms with Gasteiger partial charge in [0.2, 0.25) is 5.95 Å². The summed E-state index contributed by atoms with van der Waals surface area (Å²) in [5, 5.41) is 2.66. The van der Waals surface area contributed by atoms with Gasteiger partial charge in [-0.25, -0.2) is 9.37 Å². The molecule has 2 aromatic rings. The van der Waals surface area contributed by atoms with Gasteiger partial charge in [-0.2, -0.15) is 13.2 Å². The molecule has 0 atom stereocenters. The van der Waals surface area contributed by atoms with E-state index in [9.17, 15) is 17.6 Å². The first kappa shape index (κ1) is 12.4. The topological polar surface area (TPSA) is 29.9 Å². The molecule has 0 radical (unpaired) electrons. The normalized spacial score (nSPS) is 11.6. The Hall–Kier alpha value is -2.05. The maximum Gasteiger partial charge on any atom is 0.416 e. The highest BCUT2D eigenvalue weighted by molar-refractivity contribution is 5.45. The van der Waals surface area contributed by atoms with Crippen molar-refractivity contribution in [2.24, 2.45) is 0 Å². The summed E-state index contributed by atoms with van der Waals surface area (Å²) in [6.45, 7) is 0. The van der Waals surface area contributed by atoms with Crippen LogP contribution < -0.4 is 5.32 Å². The van der Waals surface area contributed by atoms with Crippen LogP contribution in [0.15, 0.2) is 30.6 Å². The summed E-state index contributed by atoms with van der Waals surface area (Å²) in [4.78, 5) is 3.85. The zero-order valence-electron chi connectivity index (χ0n) is 9.29. The number of aromatic nitrogens is 2. The minimum absolute atomic E-state index is 0.202. The number of rotatable bonds is 2. The van der Waals surface area contributed by atoms with Crippen molar-refractivity contribution in [1.29, 1.82) is 0 Å². The van der Waals surface area contributed by atoms with Gasteiger partial charge in [-0.05, 0) is 18.2 Å². The molecule has 1 heterocycles. The molecule has 1 aromatic heterocycles. The summed E-state index contributed by atoms with van der Waals surface area (Å²) in [6.07, 6.45) is -1.77. The second-order valence-corrected chi connectivity index (χ2v) is 3.53. The molecule has 18 heavy (non-hydrogen) atoms. The molecule has 0 saturated carbocycles. The molecule has 0 aliphatic rings. The quantitative estimate of drug-likeness (QED) is 0.840. The Labute approximate surface area is 100 Å². The van der Waals surface area contributed by atoms with Gasteiger partial charge in [-0.3, -0.25) is 4.57 Å². The molecule has 1 aromatic carbocycles. The molecule has 0 spiro atoms. The van der Waals surface area contributed by atoms with Crippen LogP contribution in [-0.4, -0.2) is 16.6 Å². The van der Waals surface area contributed by atoms with Gasteiger partial charge in [0, 0.05) is 19.4 Å². The predicted molar refractivity (Wildman–Crippen MR) is 58.1 cm³/mol. The van der Waals surface area contributed by atoms with Crippen molar-refractivity contribution in [1.82, 2.24) is 9.55 Å². The van der Waals surface area contributed by atoms with Crippen molar-refractivity contribution in [2.75, 3.05) is 12.4 Å². The van der Waals surface area contributed by atoms with Gasteiger partial charge in [-0.15, -0.1) is 0 Å². The molecule has 1 N–H and O–H groups in total. The van der Waals surface area contributed by atoms with Gasteiger partial charge in [0.1, 0.15) is 5.82 Å². The second kappa shape index (κ2) is 4.32. The van der Waals surface area contributed by atoms with Crippen LogP contribution in [0.5, 0.6) is 0 Å². The molecule has 0 aliphatic carbocycles. The van der Waals surface area contributed by atoms with E-state index in [-0.39, 0.29) is 11.6 Å². The first-order valence-electron chi connectivity index (χ1n) is 5.01. The lowest BCUT2D eigenvalue weighted by Gasteiger charge is -2.12. The van der Waals surface area contributed by atoms with Gasteiger partial charge < -0.3 is 5.32 Å². The van der Waals surface area contributed by atoms with E-state index in [0.29, 0.717) is 6.07 Å². The first-order chi connectivity index (χ1) is 8.43. The molecule has 96 valence electrons. The van der Waals surface area contributed by atoms with E-state index in [1.54, 1.807) is 7.05 Å². The van der Waals surface area contributed by atoms with Crippen LogP contribution in [0.1, 0.15) is 5.56 Å². The van der Waals surface area contributed by atoms with E-state index < -0.39 is 17.6 Å². The maximum absolute atomic E-state index is 13.6. The van der Waals surface area contributed by atoms with Crippen LogP contribution in [0.2, 0.25) is 0 Å². The van der Waals surface area contributed by atoms with Gasteiger partial charge in [-0.1, -0.05) is 0 Å². The third-order valence-corrected chi connectivity index (χ3v) is 2.40. The lowest BCUT2D eigenvalue weighted by molar-refractivity contribution is -0.137. The highest BCUT2D eigenvalue weighted by Gasteiger charge is 2.31. The molecular weight excluding hydrogens is 250 g/mol. The first-order valence-corrected chi connectivity index (χ1v) is 5.01. The Morgan fingerprint density at radius 3 is 2.61 bits per heavy atom. The van der Waals surface area contributed by atoms with Crippen LogP contribution in [-0.2, 0) is 6.18 Å². The molecule has 7 heteroatoms. The Morgan fingerprint density at radius 1 is 1.28 bits per heavy atom. The predicted octanol–water partition coefficient (Wildman–Crippen LogP) is 3.07. The number of benzene rings is 1. The minimum atomic E-state index is -4.51. The number of hydrogen-bond donors (Lipinski definition) is 1. The van der Waals surface area contributed by atoms with Crippen LogP contribution in [0.3, 0.4) is 0 Å². The van der Waals surface area contributed by atoms with Crippen LogP contribution >= 0.6 is 0 Å². The lowest BCUT2D eigenvalue weighted by Crippen LogP contribution is -2.08. The van der Waals surface area contributed by atoms with Gasteiger partial charge in [0.05, 0.1) is 11.3 Å². The van der Waals surface area contributed by atoms with Crippen molar-refractivity contribution < 1.29 is 17.6 Å². The summed E-state index contributed by atoms with van der Waals surface area (Å²) in [5.74, 6) is -0.495. The standard InChI is InChI=1S/C11H9F4N3/c1-16-10-17-4-5-18(10)9-6-7(11(13,14)15)2-3-8(9)12/h2-6H,1H3,(H,16,17). The van der Waals surface area contributed by atoms with Crippen LogP contribution in [0, 0.1) is 5.82 Å². The summed E-state index contributed by atoms with van der Waals surface area (Å²) in [5.41, 5.74) is -1.11. The van der Waals surface area contributed by atoms with E-state index in [1.807, 2.05) is 0 Å². The fourth-order valence-electron chi connectivity index (χ4n) is 1.56. The molecule has 3 nitrogen and oxygen atoms in total. The fourth-order valence-corrected chi connectivity index (χ4v) is 1.56. The van der Waals surface area contributed by atoms with Crippen molar-refractivity contribution in [3.8, 4) is 5.69 Å². The second-order valence-electron chi connectivity index (χ2n) is 3.53. The fraction of sp³-hybridized carbons (Fsp3) is 0.182. The number of nitrogens with zero attached hydrogens (tertiary/aromatic N) is 2. The largest absolute Gasteiger partial charge is 0.416 e. The van der Waals surface area contributed by atoms with Gasteiger partial charge in [0.25, 0.3) is 0 Å².